The number of aliphatic hydroxyl groups excluding tert-OH is 3. The van der Waals surface area contributed by atoms with Gasteiger partial charge in [0.2, 0.25) is 0 Å². The first-order valence-corrected chi connectivity index (χ1v) is 21.3. The molecule has 3 atom stereocenters. The van der Waals surface area contributed by atoms with Crippen LogP contribution in [0, 0.1) is 0 Å². The Labute approximate surface area is 393 Å². The predicted octanol–water partition coefficient (Wildman–Crippen LogP) is 2.62. The molecular weight excluding hydrogens is 915 g/mol. The van der Waals surface area contributed by atoms with E-state index in [-0.39, 0.29) is 12.1 Å². The van der Waals surface area contributed by atoms with Crippen LogP contribution in [0.2, 0.25) is 0 Å². The highest BCUT2D eigenvalue weighted by Gasteiger charge is 2.33. The molecule has 2 fully saturated rings. The minimum absolute atomic E-state index is 0.208. The Morgan fingerprint density at radius 2 is 1.10 bits per heavy atom. The number of carboxylic acids is 6. The van der Waals surface area contributed by atoms with Crippen molar-refractivity contribution in [1.29, 1.82) is 0 Å². The van der Waals surface area contributed by atoms with Crippen molar-refractivity contribution in [3.05, 3.63) is 60.9 Å². The number of aromatic nitrogens is 4. The summed E-state index contributed by atoms with van der Waals surface area (Å²) >= 11 is 0. The Morgan fingerprint density at radius 1 is 0.652 bits per heavy atom. The first kappa shape index (κ1) is 55.8. The summed E-state index contributed by atoms with van der Waals surface area (Å²) < 4.78 is 13.6. The third kappa shape index (κ3) is 18.6. The van der Waals surface area contributed by atoms with Crippen LogP contribution in [0.4, 0.5) is 10.6 Å². The van der Waals surface area contributed by atoms with Gasteiger partial charge >= 0.3 is 41.9 Å². The molecule has 2 aromatic heterocycles. The fourth-order valence-corrected chi connectivity index (χ4v) is 6.75. The van der Waals surface area contributed by atoms with E-state index in [2.05, 4.69) is 19.5 Å². The molecule has 4 aromatic rings. The largest absolute Gasteiger partial charge is 0.481 e. The predicted molar refractivity (Wildman–Crippen MR) is 240 cm³/mol. The van der Waals surface area contributed by atoms with Crippen LogP contribution in [0.25, 0.3) is 22.3 Å². The standard InChI is InChI=1S/C32H39N7O3.3C4H6O5/c1-32(2,3)42-31(40)38-19-13-23(14-20-38)37-17-15-24(16-18-37)39-30-27(29(33)34-21-35-30)28(36-39)22-9-11-26(12-10-22)41-25-7-5-4-6-8-25;3*5-2(4(8)9)1-3(6)7/h4-12,21,23-24H,13-20H2,1-3H3,(H2,33,34,35);3*2,5H,1H2,(H,6,7)(H,8,9). The number of benzene rings is 2. The van der Waals surface area contributed by atoms with Gasteiger partial charge in [0.1, 0.15) is 34.9 Å². The molecular formula is C44H57N7O18. The Morgan fingerprint density at radius 3 is 1.52 bits per heavy atom. The number of hydrogen-bond acceptors (Lipinski definition) is 17. The van der Waals surface area contributed by atoms with Crippen LogP contribution in [0.3, 0.4) is 0 Å². The summed E-state index contributed by atoms with van der Waals surface area (Å²) in [5.74, 6) is -6.56. The number of rotatable bonds is 14. The van der Waals surface area contributed by atoms with Crippen LogP contribution in [-0.4, -0.2) is 174 Å². The van der Waals surface area contributed by atoms with Gasteiger partial charge in [-0.05, 0) is 82.9 Å². The van der Waals surface area contributed by atoms with E-state index in [1.807, 2.05) is 80.3 Å². The first-order valence-electron chi connectivity index (χ1n) is 21.3. The van der Waals surface area contributed by atoms with Gasteiger partial charge in [-0.2, -0.15) is 5.10 Å². The van der Waals surface area contributed by atoms with Gasteiger partial charge in [-0.3, -0.25) is 14.4 Å². The van der Waals surface area contributed by atoms with E-state index in [0.717, 1.165) is 85.7 Å². The molecule has 0 saturated carbocycles. The van der Waals surface area contributed by atoms with Gasteiger partial charge in [-0.25, -0.2) is 33.8 Å². The van der Waals surface area contributed by atoms with Gasteiger partial charge in [0.25, 0.3) is 0 Å². The molecule has 6 rings (SSSR count). The number of hydrogen-bond donors (Lipinski definition) is 10. The third-order valence-corrected chi connectivity index (χ3v) is 10.1. The van der Waals surface area contributed by atoms with E-state index in [0.29, 0.717) is 11.9 Å². The molecule has 2 aromatic carbocycles. The molecule has 2 aliphatic rings. The molecule has 25 heteroatoms. The number of carbonyl (C=O) groups excluding carboxylic acids is 1. The molecule has 3 unspecified atom stereocenters. The molecule has 0 radical (unpaired) electrons. The Kier molecular flexibility index (Phi) is 21.2. The van der Waals surface area contributed by atoms with E-state index < -0.39 is 79.0 Å². The number of nitrogens with two attached hydrogens (primary N) is 1. The highest BCUT2D eigenvalue weighted by Crippen LogP contribution is 2.36. The lowest BCUT2D eigenvalue weighted by molar-refractivity contribution is -0.153. The van der Waals surface area contributed by atoms with E-state index in [4.69, 9.17) is 66.3 Å². The minimum atomic E-state index is -1.79. The van der Waals surface area contributed by atoms with Crippen molar-refractivity contribution in [2.24, 2.45) is 0 Å². The lowest BCUT2D eigenvalue weighted by atomic mass is 9.98. The molecule has 1 amide bonds. The van der Waals surface area contributed by atoms with E-state index >= 15 is 0 Å². The van der Waals surface area contributed by atoms with Crippen molar-refractivity contribution >= 4 is 58.8 Å². The number of carboxylic acid groups (broad SMARTS) is 6. The van der Waals surface area contributed by atoms with Crippen molar-refractivity contribution in [2.45, 2.75) is 102 Å². The zero-order chi connectivity index (χ0) is 51.6. The number of carbonyl (C=O) groups is 7. The molecule has 4 heterocycles. The maximum atomic E-state index is 12.5. The number of aliphatic hydroxyl groups is 3. The fourth-order valence-electron chi connectivity index (χ4n) is 6.75. The van der Waals surface area contributed by atoms with E-state index in [1.54, 1.807) is 0 Å². The number of aliphatic carboxylic acids is 6. The van der Waals surface area contributed by atoms with Crippen molar-refractivity contribution in [1.82, 2.24) is 29.5 Å². The number of amides is 1. The quantitative estimate of drug-likeness (QED) is 0.0868. The molecule has 0 aliphatic carbocycles. The summed E-state index contributed by atoms with van der Waals surface area (Å²) in [7, 11) is 0. The number of likely N-dealkylation sites (tertiary alicyclic amines) is 2. The van der Waals surface area contributed by atoms with Crippen molar-refractivity contribution in [3.8, 4) is 22.8 Å². The molecule has 376 valence electrons. The average Bonchev–Trinajstić information content (AvgIpc) is 3.67. The van der Waals surface area contributed by atoms with Gasteiger partial charge in [0, 0.05) is 37.8 Å². The lowest BCUT2D eigenvalue weighted by Crippen LogP contribution is -2.50. The first-order chi connectivity index (χ1) is 32.4. The number of nitrogens with zero attached hydrogens (tertiary/aromatic N) is 6. The number of para-hydroxylation sites is 1. The van der Waals surface area contributed by atoms with Crippen LogP contribution in [0.5, 0.6) is 11.5 Å². The third-order valence-electron chi connectivity index (χ3n) is 10.1. The SMILES string of the molecule is CC(C)(C)OC(=O)N1CCC(N2CCC(n3nc(-c4ccc(Oc5ccccc5)cc4)c4c(N)ncnc43)CC2)CC1.O=C(O)CC(O)C(=O)O.O=C(O)CC(O)C(=O)O.O=C(O)CC(O)C(=O)O. The van der Waals surface area contributed by atoms with Gasteiger partial charge < -0.3 is 71.0 Å². The molecule has 25 nitrogen and oxygen atoms in total. The van der Waals surface area contributed by atoms with Crippen molar-refractivity contribution in [3.63, 3.8) is 0 Å². The number of piperidine rings is 2. The van der Waals surface area contributed by atoms with E-state index in [9.17, 15) is 33.6 Å². The molecule has 69 heavy (non-hydrogen) atoms. The van der Waals surface area contributed by atoms with Crippen molar-refractivity contribution < 1.29 is 89.0 Å². The van der Waals surface area contributed by atoms with Gasteiger partial charge in [0.15, 0.2) is 24.0 Å². The molecule has 0 bridgehead atoms. The number of ether oxygens (including phenoxy) is 2. The topological polar surface area (TPSA) is 396 Å². The number of fused-ring (bicyclic) bond motifs is 1. The smallest absolute Gasteiger partial charge is 0.410 e. The van der Waals surface area contributed by atoms with Crippen molar-refractivity contribution in [2.75, 3.05) is 31.9 Å². The number of anilines is 1. The second-order valence-corrected chi connectivity index (χ2v) is 16.5. The summed E-state index contributed by atoms with van der Waals surface area (Å²) in [6.07, 6.45) is -2.46. The molecule has 0 spiro atoms. The minimum Gasteiger partial charge on any atom is -0.481 e. The van der Waals surface area contributed by atoms with Crippen LogP contribution in [-0.2, 0) is 33.5 Å². The van der Waals surface area contributed by atoms with Crippen LogP contribution < -0.4 is 10.5 Å². The lowest BCUT2D eigenvalue weighted by Gasteiger charge is -2.41. The average molecular weight is 972 g/mol. The summed E-state index contributed by atoms with van der Waals surface area (Å²) in [6.45, 7) is 9.15. The highest BCUT2D eigenvalue weighted by atomic mass is 16.6. The van der Waals surface area contributed by atoms with Gasteiger partial charge in [-0.1, -0.05) is 18.2 Å². The second-order valence-electron chi connectivity index (χ2n) is 16.5. The second kappa shape index (κ2) is 26.2. The summed E-state index contributed by atoms with van der Waals surface area (Å²) in [6, 6.07) is 18.3. The maximum Gasteiger partial charge on any atom is 0.410 e. The fraction of sp³-hybridized carbons (Fsp3) is 0.455. The normalized spacial score (nSPS) is 15.5. The molecule has 2 aliphatic heterocycles. The molecule has 2 saturated heterocycles. The monoisotopic (exact) mass is 971 g/mol. The Bertz CT molecular complexity index is 2280. The summed E-state index contributed by atoms with van der Waals surface area (Å²) in [5.41, 5.74) is 8.40. The molecule has 11 N–H and O–H groups in total. The summed E-state index contributed by atoms with van der Waals surface area (Å²) in [5, 5.41) is 78.3. The summed E-state index contributed by atoms with van der Waals surface area (Å²) in [4.78, 5) is 84.0. The highest BCUT2D eigenvalue weighted by molar-refractivity contribution is 5.98. The van der Waals surface area contributed by atoms with Gasteiger partial charge in [0.05, 0.1) is 30.7 Å². The van der Waals surface area contributed by atoms with Gasteiger partial charge in [-0.15, -0.1) is 0 Å². The maximum absolute atomic E-state index is 12.5. The zero-order valence-corrected chi connectivity index (χ0v) is 37.9. The Hall–Kier alpha value is -7.48. The van der Waals surface area contributed by atoms with Crippen LogP contribution in [0.15, 0.2) is 60.9 Å². The zero-order valence-electron chi connectivity index (χ0n) is 37.9. The van der Waals surface area contributed by atoms with E-state index in [1.165, 1.54) is 6.33 Å². The van der Waals surface area contributed by atoms with Crippen LogP contribution >= 0.6 is 0 Å². The van der Waals surface area contributed by atoms with Crippen LogP contribution in [0.1, 0.15) is 71.8 Å². The Balaban J connectivity index is 0.000000380. The number of nitrogen functional groups attached to an aromatic ring is 1.